The fraction of sp³-hybridized carbons (Fsp3) is 0.133. The SMILES string of the molecule is Cc1ccc(I(OS(=O)(=O)C(F)(F)F)c2ccccc2C(=O)O)cc1. The molecule has 0 aliphatic rings. The first-order chi connectivity index (χ1) is 11.5. The van der Waals surface area contributed by atoms with Crippen molar-refractivity contribution in [2.24, 2.45) is 0 Å². The summed E-state index contributed by atoms with van der Waals surface area (Å²) in [4.78, 5) is 11.4. The second-order valence-electron chi connectivity index (χ2n) is 4.79. The molecule has 0 bridgehead atoms. The van der Waals surface area contributed by atoms with Gasteiger partial charge in [0.05, 0.1) is 0 Å². The van der Waals surface area contributed by atoms with Crippen LogP contribution < -0.4 is 0 Å². The Morgan fingerprint density at radius 3 is 2.16 bits per heavy atom. The molecule has 2 aromatic rings. The summed E-state index contributed by atoms with van der Waals surface area (Å²) < 4.78 is 66.0. The number of carboxylic acid groups (broad SMARTS) is 1. The van der Waals surface area contributed by atoms with Gasteiger partial charge in [0.15, 0.2) is 0 Å². The zero-order chi connectivity index (χ0) is 18.8. The van der Waals surface area contributed by atoms with E-state index in [9.17, 15) is 31.5 Å². The maximum atomic E-state index is 12.7. The van der Waals surface area contributed by atoms with Crippen molar-refractivity contribution in [2.45, 2.75) is 12.4 Å². The van der Waals surface area contributed by atoms with Crippen molar-refractivity contribution in [3.05, 3.63) is 66.8 Å². The van der Waals surface area contributed by atoms with Gasteiger partial charge in [-0.1, -0.05) is 0 Å². The molecule has 25 heavy (non-hydrogen) atoms. The fourth-order valence-electron chi connectivity index (χ4n) is 1.74. The molecule has 2 rings (SSSR count). The zero-order valence-electron chi connectivity index (χ0n) is 12.6. The molecular formula is C15H12F3IO5S. The molecule has 1 N–H and O–H groups in total. The van der Waals surface area contributed by atoms with Gasteiger partial charge in [0.2, 0.25) is 0 Å². The van der Waals surface area contributed by atoms with Crippen LogP contribution in [0.1, 0.15) is 15.9 Å². The molecule has 0 fully saturated rings. The van der Waals surface area contributed by atoms with Gasteiger partial charge in [-0.25, -0.2) is 0 Å². The predicted octanol–water partition coefficient (Wildman–Crippen LogP) is 4.02. The van der Waals surface area contributed by atoms with E-state index >= 15 is 0 Å². The van der Waals surface area contributed by atoms with Crippen LogP contribution in [0.15, 0.2) is 48.5 Å². The molecular weight excluding hydrogens is 476 g/mol. The van der Waals surface area contributed by atoms with Crippen LogP contribution in [0, 0.1) is 14.1 Å². The Kier molecular flexibility index (Phi) is 5.74. The Morgan fingerprint density at radius 2 is 1.64 bits per heavy atom. The number of hydrogen-bond acceptors (Lipinski definition) is 4. The Morgan fingerprint density at radius 1 is 1.08 bits per heavy atom. The van der Waals surface area contributed by atoms with Gasteiger partial charge in [0.1, 0.15) is 0 Å². The molecule has 0 saturated heterocycles. The second kappa shape index (κ2) is 7.30. The van der Waals surface area contributed by atoms with Gasteiger partial charge in [0.25, 0.3) is 0 Å². The van der Waals surface area contributed by atoms with E-state index in [0.717, 1.165) is 5.56 Å². The minimum absolute atomic E-state index is 0.0455. The molecule has 0 spiro atoms. The van der Waals surface area contributed by atoms with Crippen molar-refractivity contribution >= 4 is 36.3 Å². The third-order valence-corrected chi connectivity index (χ3v) is 10.1. The number of aromatic carboxylic acids is 1. The van der Waals surface area contributed by atoms with Crippen LogP contribution in [0.25, 0.3) is 0 Å². The predicted molar refractivity (Wildman–Crippen MR) is 92.1 cm³/mol. The van der Waals surface area contributed by atoms with E-state index in [4.69, 9.17) is 0 Å². The maximum absolute atomic E-state index is 12.7. The van der Waals surface area contributed by atoms with Crippen LogP contribution in [0.2, 0.25) is 0 Å². The van der Waals surface area contributed by atoms with Crippen molar-refractivity contribution in [3.63, 3.8) is 0 Å². The first kappa shape index (κ1) is 19.7. The molecule has 2 aromatic carbocycles. The number of halogens is 4. The van der Waals surface area contributed by atoms with Crippen molar-refractivity contribution < 1.29 is 34.0 Å². The van der Waals surface area contributed by atoms with E-state index in [-0.39, 0.29) is 12.7 Å². The Balaban J connectivity index is 2.62. The summed E-state index contributed by atoms with van der Waals surface area (Å²) in [5.74, 6) is -1.38. The number of hydrogen-bond donors (Lipinski definition) is 1. The first-order valence-corrected chi connectivity index (χ1v) is 11.1. The van der Waals surface area contributed by atoms with Crippen molar-refractivity contribution in [2.75, 3.05) is 0 Å². The molecule has 0 aliphatic carbocycles. The van der Waals surface area contributed by atoms with Crippen molar-refractivity contribution in [1.29, 1.82) is 0 Å². The van der Waals surface area contributed by atoms with Crippen LogP contribution in [-0.2, 0) is 12.6 Å². The van der Waals surface area contributed by atoms with E-state index in [1.165, 1.54) is 36.4 Å². The molecule has 136 valence electrons. The van der Waals surface area contributed by atoms with E-state index in [0.29, 0.717) is 0 Å². The first-order valence-electron chi connectivity index (χ1n) is 6.63. The van der Waals surface area contributed by atoms with Gasteiger partial charge in [0, 0.05) is 0 Å². The van der Waals surface area contributed by atoms with Crippen LogP contribution in [0.3, 0.4) is 0 Å². The van der Waals surface area contributed by atoms with Gasteiger partial charge < -0.3 is 0 Å². The summed E-state index contributed by atoms with van der Waals surface area (Å²) >= 11 is -3.70. The summed E-state index contributed by atoms with van der Waals surface area (Å²) in [5.41, 5.74) is -5.07. The topological polar surface area (TPSA) is 80.7 Å². The number of aryl methyl sites for hydroxylation is 1. The van der Waals surface area contributed by atoms with E-state index in [1.54, 1.807) is 19.1 Å². The fourth-order valence-corrected chi connectivity index (χ4v) is 8.51. The molecule has 0 unspecified atom stereocenters. The number of carbonyl (C=O) groups is 1. The minimum atomic E-state index is -5.87. The van der Waals surface area contributed by atoms with Crippen molar-refractivity contribution in [3.8, 4) is 0 Å². The van der Waals surface area contributed by atoms with Gasteiger partial charge in [-0.3, -0.25) is 0 Å². The number of benzene rings is 2. The molecule has 0 aliphatic heterocycles. The number of carboxylic acids is 1. The number of alkyl halides is 3. The van der Waals surface area contributed by atoms with E-state index < -0.39 is 41.8 Å². The molecule has 0 heterocycles. The van der Waals surface area contributed by atoms with Crippen LogP contribution >= 0.6 is 20.2 Å². The summed E-state index contributed by atoms with van der Waals surface area (Å²) in [7, 11) is -5.87. The van der Waals surface area contributed by atoms with Crippen LogP contribution in [0.5, 0.6) is 0 Å². The zero-order valence-corrected chi connectivity index (χ0v) is 15.6. The normalized spacial score (nSPS) is 12.7. The van der Waals surface area contributed by atoms with E-state index in [2.05, 4.69) is 2.51 Å². The van der Waals surface area contributed by atoms with Crippen LogP contribution in [0.4, 0.5) is 13.2 Å². The summed E-state index contributed by atoms with van der Waals surface area (Å²) in [5, 5.41) is 9.26. The summed E-state index contributed by atoms with van der Waals surface area (Å²) in [6.07, 6.45) is 0. The number of rotatable bonds is 5. The molecule has 0 radical (unpaired) electrons. The van der Waals surface area contributed by atoms with Gasteiger partial charge in [-0.2, -0.15) is 0 Å². The standard InChI is InChI=1S/C15H12F3IO5S/c1-10-6-8-11(9-7-10)19(24-25(22,23)15(16,17)18)13-5-3-2-4-12(13)14(20)21/h2-9H,1H3,(H,20,21). The Bertz CT molecular complexity index is 879. The average Bonchev–Trinajstić information content (AvgIpc) is 2.52. The Labute approximate surface area is 149 Å². The third kappa shape index (κ3) is 4.50. The molecule has 0 saturated carbocycles. The van der Waals surface area contributed by atoms with E-state index in [1.807, 2.05) is 0 Å². The van der Waals surface area contributed by atoms with Gasteiger partial charge in [-0.15, -0.1) is 0 Å². The molecule has 0 aromatic heterocycles. The molecule has 0 atom stereocenters. The summed E-state index contributed by atoms with van der Waals surface area (Å²) in [6.45, 7) is 1.75. The van der Waals surface area contributed by atoms with Gasteiger partial charge >= 0.3 is 150 Å². The molecule has 5 nitrogen and oxygen atoms in total. The van der Waals surface area contributed by atoms with Crippen molar-refractivity contribution in [1.82, 2.24) is 0 Å². The summed E-state index contributed by atoms with van der Waals surface area (Å²) in [6, 6.07) is 11.4. The molecule has 10 heteroatoms. The monoisotopic (exact) mass is 488 g/mol. The molecule has 0 amide bonds. The average molecular weight is 488 g/mol. The van der Waals surface area contributed by atoms with Crippen LogP contribution in [-0.4, -0.2) is 25.0 Å². The third-order valence-electron chi connectivity index (χ3n) is 2.93. The second-order valence-corrected chi connectivity index (χ2v) is 11.2. The quantitative estimate of drug-likeness (QED) is 0.508. The Hall–Kier alpha value is -1.66. The van der Waals surface area contributed by atoms with Gasteiger partial charge in [-0.05, 0) is 0 Å².